The van der Waals surface area contributed by atoms with E-state index in [1.165, 1.54) is 95.5 Å². The van der Waals surface area contributed by atoms with Gasteiger partial charge in [0, 0.05) is 6.42 Å². The second-order valence-electron chi connectivity index (χ2n) is 12.8. The first-order valence-corrected chi connectivity index (χ1v) is 17.1. The normalized spacial score (nSPS) is 14.2. The summed E-state index contributed by atoms with van der Waals surface area (Å²) in [5.41, 5.74) is 1.35. The Morgan fingerprint density at radius 2 is 1.18 bits per heavy atom. The third-order valence-corrected chi connectivity index (χ3v) is 7.90. The van der Waals surface area contributed by atoms with Crippen molar-refractivity contribution in [3.05, 3.63) is 48.1 Å². The largest absolute Gasteiger partial charge is 0.461 e. The van der Waals surface area contributed by atoms with E-state index in [2.05, 4.69) is 84.1 Å². The highest BCUT2D eigenvalue weighted by Crippen LogP contribution is 2.22. The monoisotopic (exact) mass is 557 g/mol. The van der Waals surface area contributed by atoms with E-state index >= 15 is 0 Å². The number of unbranched alkanes of at least 4 members (excludes halogenated alkanes) is 7. The third kappa shape index (κ3) is 29.4. The van der Waals surface area contributed by atoms with Gasteiger partial charge in [0.25, 0.3) is 0 Å². The fourth-order valence-corrected chi connectivity index (χ4v) is 5.02. The topological polar surface area (TPSA) is 26.3 Å². The van der Waals surface area contributed by atoms with E-state index in [1.807, 2.05) is 0 Å². The molecule has 0 rings (SSSR count). The van der Waals surface area contributed by atoms with Gasteiger partial charge in [-0.3, -0.25) is 4.79 Å². The van der Waals surface area contributed by atoms with Crippen molar-refractivity contribution in [2.75, 3.05) is 6.61 Å². The Balaban J connectivity index is 3.64. The average molecular weight is 557 g/mol. The van der Waals surface area contributed by atoms with E-state index < -0.39 is 0 Å². The Hall–Kier alpha value is -1.57. The van der Waals surface area contributed by atoms with Crippen LogP contribution >= 0.6 is 0 Å². The van der Waals surface area contributed by atoms with Crippen LogP contribution in [0.5, 0.6) is 0 Å². The molecule has 0 spiro atoms. The third-order valence-electron chi connectivity index (χ3n) is 7.90. The SMILES string of the molecule is CCCC/C=C/C=C/C=C\CCCCCCCC(=O)OC/C=C(\C)CCC[C@H](C)CCC[C@H](C)CCCC(C)C. The van der Waals surface area contributed by atoms with Crippen molar-refractivity contribution in [2.24, 2.45) is 17.8 Å². The molecule has 0 saturated heterocycles. The smallest absolute Gasteiger partial charge is 0.306 e. The second kappa shape index (κ2) is 28.9. The Morgan fingerprint density at radius 1 is 0.625 bits per heavy atom. The van der Waals surface area contributed by atoms with Gasteiger partial charge in [0.15, 0.2) is 0 Å². The zero-order chi connectivity index (χ0) is 29.7. The zero-order valence-corrected chi connectivity index (χ0v) is 27.7. The predicted molar refractivity (Wildman–Crippen MR) is 179 cm³/mol. The molecule has 2 heteroatoms. The van der Waals surface area contributed by atoms with Crippen molar-refractivity contribution in [1.29, 1.82) is 0 Å². The molecule has 0 aromatic heterocycles. The number of carbonyl (C=O) groups is 1. The Kier molecular flexibility index (Phi) is 27.8. The van der Waals surface area contributed by atoms with Gasteiger partial charge < -0.3 is 4.74 Å². The van der Waals surface area contributed by atoms with E-state index in [0.29, 0.717) is 13.0 Å². The van der Waals surface area contributed by atoms with Crippen LogP contribution in [0.15, 0.2) is 48.1 Å². The fourth-order valence-electron chi connectivity index (χ4n) is 5.02. The summed E-state index contributed by atoms with van der Waals surface area (Å²) >= 11 is 0. The van der Waals surface area contributed by atoms with E-state index in [4.69, 9.17) is 4.74 Å². The van der Waals surface area contributed by atoms with Crippen LogP contribution in [0.2, 0.25) is 0 Å². The highest BCUT2D eigenvalue weighted by Gasteiger charge is 2.07. The molecule has 0 N–H and O–H groups in total. The second-order valence-corrected chi connectivity index (χ2v) is 12.8. The number of hydrogen-bond donors (Lipinski definition) is 0. The highest BCUT2D eigenvalue weighted by atomic mass is 16.5. The molecule has 0 aromatic carbocycles. The summed E-state index contributed by atoms with van der Waals surface area (Å²) in [4.78, 5) is 12.0. The standard InChI is InChI=1S/C38H68O2/c1-7-8-9-10-11-12-13-14-15-16-17-18-19-20-21-31-38(39)40-33-32-37(6)30-24-29-36(5)28-23-27-35(4)26-22-25-34(2)3/h10-15,32,34-36H,7-9,16-31,33H2,1-6H3/b11-10+,13-12+,15-14-,37-32+/t35-,36-/m1/s1. The van der Waals surface area contributed by atoms with Crippen molar-refractivity contribution in [2.45, 2.75) is 164 Å². The minimum atomic E-state index is -0.0467. The number of hydrogen-bond acceptors (Lipinski definition) is 2. The van der Waals surface area contributed by atoms with Gasteiger partial charge in [0.2, 0.25) is 0 Å². The van der Waals surface area contributed by atoms with E-state index in [-0.39, 0.29) is 5.97 Å². The Morgan fingerprint density at radius 3 is 1.80 bits per heavy atom. The van der Waals surface area contributed by atoms with E-state index in [0.717, 1.165) is 43.4 Å². The molecule has 2 atom stereocenters. The molecule has 40 heavy (non-hydrogen) atoms. The molecule has 232 valence electrons. The van der Waals surface area contributed by atoms with Crippen LogP contribution < -0.4 is 0 Å². The van der Waals surface area contributed by atoms with Crippen molar-refractivity contribution in [3.8, 4) is 0 Å². The lowest BCUT2D eigenvalue weighted by molar-refractivity contribution is -0.142. The molecular formula is C38H68O2. The zero-order valence-electron chi connectivity index (χ0n) is 27.7. The lowest BCUT2D eigenvalue weighted by Gasteiger charge is -2.15. The molecule has 2 nitrogen and oxygen atoms in total. The molecule has 0 aromatic rings. The predicted octanol–water partition coefficient (Wildman–Crippen LogP) is 12.5. The van der Waals surface area contributed by atoms with Crippen LogP contribution in [0.3, 0.4) is 0 Å². The molecular weight excluding hydrogens is 488 g/mol. The Bertz CT molecular complexity index is 682. The van der Waals surface area contributed by atoms with Gasteiger partial charge >= 0.3 is 5.97 Å². The van der Waals surface area contributed by atoms with Crippen LogP contribution in [-0.2, 0) is 9.53 Å². The van der Waals surface area contributed by atoms with Gasteiger partial charge in [0.05, 0.1) is 0 Å². The van der Waals surface area contributed by atoms with Crippen molar-refractivity contribution in [1.82, 2.24) is 0 Å². The summed E-state index contributed by atoms with van der Waals surface area (Å²) in [5.74, 6) is 2.49. The molecule has 0 amide bonds. The van der Waals surface area contributed by atoms with E-state index in [1.54, 1.807) is 0 Å². The molecule has 0 aliphatic carbocycles. The van der Waals surface area contributed by atoms with Crippen molar-refractivity contribution < 1.29 is 9.53 Å². The summed E-state index contributed by atoms with van der Waals surface area (Å²) in [6.45, 7) is 14.3. The lowest BCUT2D eigenvalue weighted by Crippen LogP contribution is -2.04. The number of rotatable bonds is 27. The molecule has 0 heterocycles. The maximum atomic E-state index is 12.0. The molecule has 0 bridgehead atoms. The van der Waals surface area contributed by atoms with Gasteiger partial charge in [-0.15, -0.1) is 0 Å². The van der Waals surface area contributed by atoms with Crippen LogP contribution in [0.25, 0.3) is 0 Å². The van der Waals surface area contributed by atoms with Gasteiger partial charge in [-0.05, 0) is 69.3 Å². The summed E-state index contributed by atoms with van der Waals surface area (Å²) in [6.07, 6.45) is 38.2. The maximum Gasteiger partial charge on any atom is 0.306 e. The van der Waals surface area contributed by atoms with Gasteiger partial charge in [-0.25, -0.2) is 0 Å². The number of ether oxygens (including phenoxy) is 1. The first-order chi connectivity index (χ1) is 19.3. The van der Waals surface area contributed by atoms with Crippen LogP contribution in [0, 0.1) is 17.8 Å². The molecule has 0 saturated carbocycles. The summed E-state index contributed by atoms with van der Waals surface area (Å²) in [5, 5.41) is 0. The molecule has 0 aliphatic rings. The molecule has 0 unspecified atom stereocenters. The minimum absolute atomic E-state index is 0.0467. The molecule has 0 aliphatic heterocycles. The number of allylic oxidation sites excluding steroid dienone is 7. The van der Waals surface area contributed by atoms with E-state index in [9.17, 15) is 4.79 Å². The molecule has 0 radical (unpaired) electrons. The quantitative estimate of drug-likeness (QED) is 0.0435. The summed E-state index contributed by atoms with van der Waals surface area (Å²) in [7, 11) is 0. The summed E-state index contributed by atoms with van der Waals surface area (Å²) in [6, 6.07) is 0. The van der Waals surface area contributed by atoms with Crippen molar-refractivity contribution in [3.63, 3.8) is 0 Å². The maximum absolute atomic E-state index is 12.0. The number of carbonyl (C=O) groups excluding carboxylic acids is 1. The first kappa shape index (κ1) is 38.4. The van der Waals surface area contributed by atoms with Crippen LogP contribution in [0.4, 0.5) is 0 Å². The fraction of sp³-hybridized carbons (Fsp3) is 0.763. The van der Waals surface area contributed by atoms with Crippen LogP contribution in [-0.4, -0.2) is 12.6 Å². The minimum Gasteiger partial charge on any atom is -0.461 e. The summed E-state index contributed by atoms with van der Waals surface area (Å²) < 4.78 is 5.44. The van der Waals surface area contributed by atoms with Gasteiger partial charge in [0.1, 0.15) is 6.61 Å². The first-order valence-electron chi connectivity index (χ1n) is 17.1. The van der Waals surface area contributed by atoms with Crippen LogP contribution in [0.1, 0.15) is 164 Å². The van der Waals surface area contributed by atoms with Gasteiger partial charge in [-0.1, -0.05) is 154 Å². The number of esters is 1. The van der Waals surface area contributed by atoms with Crippen molar-refractivity contribution >= 4 is 5.97 Å². The Labute approximate surface area is 251 Å². The highest BCUT2D eigenvalue weighted by molar-refractivity contribution is 5.69. The average Bonchev–Trinajstić information content (AvgIpc) is 2.90. The van der Waals surface area contributed by atoms with Gasteiger partial charge in [-0.2, -0.15) is 0 Å². The lowest BCUT2D eigenvalue weighted by atomic mass is 9.91. The molecule has 0 fully saturated rings.